The molecule has 1 fully saturated rings. The van der Waals surface area contributed by atoms with Crippen molar-refractivity contribution in [3.8, 4) is 0 Å². The lowest BCUT2D eigenvalue weighted by molar-refractivity contribution is 0.0922. The first-order valence-electron chi connectivity index (χ1n) is 7.07. The zero-order chi connectivity index (χ0) is 16.3. The number of aliphatic hydroxyl groups excluding tert-OH is 1. The predicted molar refractivity (Wildman–Crippen MR) is 83.5 cm³/mol. The lowest BCUT2D eigenvalue weighted by Gasteiger charge is -2.17. The molecule has 1 heterocycles. The summed E-state index contributed by atoms with van der Waals surface area (Å²) in [4.78, 5) is 12.2. The van der Waals surface area contributed by atoms with Gasteiger partial charge < -0.3 is 10.4 Å². The van der Waals surface area contributed by atoms with Crippen molar-refractivity contribution in [2.45, 2.75) is 30.7 Å². The molecule has 0 radical (unpaired) electrons. The summed E-state index contributed by atoms with van der Waals surface area (Å²) in [5.41, 5.74) is 0.0854. The van der Waals surface area contributed by atoms with Crippen molar-refractivity contribution in [1.82, 2.24) is 9.62 Å². The summed E-state index contributed by atoms with van der Waals surface area (Å²) in [5.74, 6) is -0.509. The van der Waals surface area contributed by atoms with E-state index >= 15 is 0 Å². The zero-order valence-corrected chi connectivity index (χ0v) is 13.8. The van der Waals surface area contributed by atoms with Gasteiger partial charge in [-0.15, -0.1) is 0 Å². The summed E-state index contributed by atoms with van der Waals surface area (Å²) in [6.45, 7) is 2.41. The topological polar surface area (TPSA) is 86.7 Å². The minimum absolute atomic E-state index is 0.0561. The molecule has 1 amide bonds. The third-order valence-electron chi connectivity index (χ3n) is 3.54. The molecular formula is C14H19ClN2O4S. The van der Waals surface area contributed by atoms with Crippen LogP contribution in [0.25, 0.3) is 0 Å². The Morgan fingerprint density at radius 3 is 2.64 bits per heavy atom. The number of rotatable bonds is 5. The number of hydrogen-bond acceptors (Lipinski definition) is 4. The molecule has 122 valence electrons. The fraction of sp³-hybridized carbons (Fsp3) is 0.500. The molecule has 22 heavy (non-hydrogen) atoms. The summed E-state index contributed by atoms with van der Waals surface area (Å²) in [5, 5.41) is 11.7. The highest BCUT2D eigenvalue weighted by Gasteiger charge is 2.28. The molecule has 0 saturated carbocycles. The maximum Gasteiger partial charge on any atom is 0.253 e. The van der Waals surface area contributed by atoms with Crippen LogP contribution >= 0.6 is 11.6 Å². The Morgan fingerprint density at radius 2 is 2.05 bits per heavy atom. The van der Waals surface area contributed by atoms with Crippen LogP contribution in [0.1, 0.15) is 30.1 Å². The molecule has 6 nitrogen and oxygen atoms in total. The maximum atomic E-state index is 12.5. The Morgan fingerprint density at radius 1 is 1.41 bits per heavy atom. The first kappa shape index (κ1) is 17.2. The molecule has 1 saturated heterocycles. The van der Waals surface area contributed by atoms with E-state index in [2.05, 4.69) is 5.32 Å². The molecule has 0 bridgehead atoms. The molecule has 1 aliphatic heterocycles. The number of nitrogens with zero attached hydrogens (tertiary/aromatic N) is 1. The van der Waals surface area contributed by atoms with Gasteiger partial charge in [-0.2, -0.15) is 4.31 Å². The summed E-state index contributed by atoms with van der Waals surface area (Å²) < 4.78 is 26.4. The Bertz CT molecular complexity index is 657. The van der Waals surface area contributed by atoms with E-state index in [1.165, 1.54) is 22.5 Å². The zero-order valence-electron chi connectivity index (χ0n) is 12.3. The Balaban J connectivity index is 2.32. The van der Waals surface area contributed by atoms with E-state index in [1.807, 2.05) is 0 Å². The number of nitrogens with one attached hydrogen (secondary N) is 1. The molecule has 1 aromatic rings. The minimum atomic E-state index is -3.60. The normalized spacial score (nSPS) is 17.4. The van der Waals surface area contributed by atoms with Gasteiger partial charge in [0.05, 0.1) is 22.1 Å². The summed E-state index contributed by atoms with van der Waals surface area (Å²) in [6, 6.07) is 3.66. The molecule has 1 unspecified atom stereocenters. The van der Waals surface area contributed by atoms with Gasteiger partial charge in [-0.1, -0.05) is 11.6 Å². The number of sulfonamides is 1. The van der Waals surface area contributed by atoms with E-state index in [1.54, 1.807) is 6.92 Å². The van der Waals surface area contributed by atoms with Crippen molar-refractivity contribution in [2.75, 3.05) is 19.7 Å². The second-order valence-corrected chi connectivity index (χ2v) is 7.66. The van der Waals surface area contributed by atoms with E-state index < -0.39 is 22.0 Å². The Hall–Kier alpha value is -1.15. The smallest absolute Gasteiger partial charge is 0.253 e. The van der Waals surface area contributed by atoms with Crippen molar-refractivity contribution in [3.05, 3.63) is 28.8 Å². The van der Waals surface area contributed by atoms with Crippen LogP contribution < -0.4 is 5.32 Å². The van der Waals surface area contributed by atoms with Crippen LogP contribution in [0.3, 0.4) is 0 Å². The van der Waals surface area contributed by atoms with Gasteiger partial charge in [0.25, 0.3) is 5.91 Å². The van der Waals surface area contributed by atoms with Crippen LogP contribution in [-0.4, -0.2) is 49.5 Å². The third kappa shape index (κ3) is 3.60. The summed E-state index contributed by atoms with van der Waals surface area (Å²) >= 11 is 6.00. The van der Waals surface area contributed by atoms with Crippen molar-refractivity contribution in [1.29, 1.82) is 0 Å². The summed E-state index contributed by atoms with van der Waals surface area (Å²) in [6.07, 6.45) is 1.68. The van der Waals surface area contributed by atoms with Crippen LogP contribution in [0.2, 0.25) is 5.02 Å². The molecule has 0 spiro atoms. The van der Waals surface area contributed by atoms with Crippen molar-refractivity contribution >= 4 is 27.5 Å². The van der Waals surface area contributed by atoms with E-state index in [-0.39, 0.29) is 22.1 Å². The average molecular weight is 347 g/mol. The maximum absolute atomic E-state index is 12.5. The van der Waals surface area contributed by atoms with Gasteiger partial charge in [0, 0.05) is 19.1 Å². The van der Waals surface area contributed by atoms with E-state index in [0.29, 0.717) is 13.1 Å². The van der Waals surface area contributed by atoms with Gasteiger partial charge in [-0.3, -0.25) is 4.79 Å². The van der Waals surface area contributed by atoms with Crippen LogP contribution in [0.5, 0.6) is 0 Å². The third-order valence-corrected chi connectivity index (χ3v) is 5.76. The van der Waals surface area contributed by atoms with Crippen molar-refractivity contribution in [2.24, 2.45) is 0 Å². The van der Waals surface area contributed by atoms with Crippen LogP contribution in [0.4, 0.5) is 0 Å². The molecule has 1 atom stereocenters. The summed E-state index contributed by atoms with van der Waals surface area (Å²) in [7, 11) is -3.60. The molecule has 0 aliphatic carbocycles. The number of amides is 1. The predicted octanol–water partition coefficient (Wildman–Crippen LogP) is 1.24. The number of aliphatic hydroxyl groups is 1. The quantitative estimate of drug-likeness (QED) is 0.839. The Kier molecular flexibility index (Phi) is 5.44. The number of benzene rings is 1. The van der Waals surface area contributed by atoms with Crippen molar-refractivity contribution < 1.29 is 18.3 Å². The fourth-order valence-electron chi connectivity index (χ4n) is 2.26. The standard InChI is InChI=1S/C14H19ClN2O4S/c1-10(9-18)16-14(19)12-8-11(4-5-13(12)15)22(20,21)17-6-2-3-7-17/h4-5,8,10,18H,2-3,6-7,9H2,1H3,(H,16,19). The van der Waals surface area contributed by atoms with Gasteiger partial charge in [-0.05, 0) is 38.0 Å². The van der Waals surface area contributed by atoms with E-state index in [4.69, 9.17) is 16.7 Å². The average Bonchev–Trinajstić information content (AvgIpc) is 3.02. The lowest BCUT2D eigenvalue weighted by Crippen LogP contribution is -2.35. The van der Waals surface area contributed by atoms with Crippen LogP contribution in [0, 0.1) is 0 Å². The lowest BCUT2D eigenvalue weighted by atomic mass is 10.2. The SMILES string of the molecule is CC(CO)NC(=O)c1cc(S(=O)(=O)N2CCCC2)ccc1Cl. The highest BCUT2D eigenvalue weighted by Crippen LogP contribution is 2.25. The number of carbonyl (C=O) groups excluding carboxylic acids is 1. The molecule has 2 rings (SSSR count). The van der Waals surface area contributed by atoms with E-state index in [0.717, 1.165) is 12.8 Å². The van der Waals surface area contributed by atoms with Crippen LogP contribution in [0.15, 0.2) is 23.1 Å². The molecule has 1 aliphatic rings. The Labute approximate surface area is 135 Å². The first-order chi connectivity index (χ1) is 10.4. The van der Waals surface area contributed by atoms with Gasteiger partial charge in [0.1, 0.15) is 0 Å². The largest absolute Gasteiger partial charge is 0.394 e. The molecule has 2 N–H and O–H groups in total. The van der Waals surface area contributed by atoms with Gasteiger partial charge in [0.15, 0.2) is 0 Å². The van der Waals surface area contributed by atoms with Gasteiger partial charge in [-0.25, -0.2) is 8.42 Å². The molecule has 1 aromatic carbocycles. The van der Waals surface area contributed by atoms with E-state index in [9.17, 15) is 13.2 Å². The van der Waals surface area contributed by atoms with Gasteiger partial charge >= 0.3 is 0 Å². The second kappa shape index (κ2) is 6.95. The number of halogens is 1. The molecule has 8 heteroatoms. The minimum Gasteiger partial charge on any atom is -0.394 e. The fourth-order valence-corrected chi connectivity index (χ4v) is 4.01. The van der Waals surface area contributed by atoms with Crippen molar-refractivity contribution in [3.63, 3.8) is 0 Å². The number of hydrogen-bond donors (Lipinski definition) is 2. The highest BCUT2D eigenvalue weighted by molar-refractivity contribution is 7.89. The number of carbonyl (C=O) groups is 1. The molecular weight excluding hydrogens is 328 g/mol. The first-order valence-corrected chi connectivity index (χ1v) is 8.89. The monoisotopic (exact) mass is 346 g/mol. The van der Waals surface area contributed by atoms with Gasteiger partial charge in [0.2, 0.25) is 10.0 Å². The van der Waals surface area contributed by atoms with Crippen LogP contribution in [-0.2, 0) is 10.0 Å². The highest BCUT2D eigenvalue weighted by atomic mass is 35.5. The second-order valence-electron chi connectivity index (χ2n) is 5.31. The molecule has 0 aromatic heterocycles.